The Balaban J connectivity index is 0.000000531. The van der Waals surface area contributed by atoms with E-state index in [-0.39, 0.29) is 0 Å². The first-order valence-electron chi connectivity index (χ1n) is 5.46. The van der Waals surface area contributed by atoms with Crippen LogP contribution in [0.3, 0.4) is 0 Å². The molecule has 0 saturated heterocycles. The lowest BCUT2D eigenvalue weighted by Crippen LogP contribution is -1.90. The Hall–Kier alpha value is -1.38. The molecule has 0 spiro atoms. The summed E-state index contributed by atoms with van der Waals surface area (Å²) in [6.45, 7) is 8.21. The van der Waals surface area contributed by atoms with Gasteiger partial charge in [0.1, 0.15) is 11.5 Å². The van der Waals surface area contributed by atoms with Gasteiger partial charge in [-0.05, 0) is 6.07 Å². The number of hydrogen-bond acceptors (Lipinski definition) is 2. The summed E-state index contributed by atoms with van der Waals surface area (Å²) in [5, 5.41) is 0. The summed E-state index contributed by atoms with van der Waals surface area (Å²) in [5.74, 6) is 1.33. The fourth-order valence-corrected chi connectivity index (χ4v) is 1.29. The number of aromatic nitrogens is 3. The maximum absolute atomic E-state index is 4.44. The smallest absolute Gasteiger partial charge is 0.132 e. The fraction of sp³-hybridized carbons (Fsp3) is 0.500. The van der Waals surface area contributed by atoms with Crippen molar-refractivity contribution in [2.45, 2.75) is 33.6 Å². The first-order chi connectivity index (χ1) is 7.16. The summed E-state index contributed by atoms with van der Waals surface area (Å²) in [5.41, 5.74) is 1.97. The van der Waals surface area contributed by atoms with Crippen LogP contribution in [0.1, 0.15) is 39.4 Å². The van der Waals surface area contributed by atoms with Gasteiger partial charge in [-0.15, -0.1) is 0 Å². The molecule has 3 nitrogen and oxygen atoms in total. The Bertz CT molecular complexity index is 390. The van der Waals surface area contributed by atoms with Crippen LogP contribution >= 0.6 is 0 Å². The number of fused-ring (bicyclic) bond motifs is 1. The van der Waals surface area contributed by atoms with E-state index in [1.165, 1.54) is 0 Å². The van der Waals surface area contributed by atoms with Crippen LogP contribution < -0.4 is 0 Å². The largest absolute Gasteiger partial charge is 0.355 e. The Morgan fingerprint density at radius 3 is 2.33 bits per heavy atom. The summed E-state index contributed by atoms with van der Waals surface area (Å²) >= 11 is 0. The van der Waals surface area contributed by atoms with E-state index in [1.54, 1.807) is 0 Å². The molecule has 0 aromatic rings. The van der Waals surface area contributed by atoms with Gasteiger partial charge in [-0.3, -0.25) is 0 Å². The predicted molar refractivity (Wildman–Crippen MR) is 63.1 cm³/mol. The molecule has 0 bridgehead atoms. The van der Waals surface area contributed by atoms with Crippen molar-refractivity contribution in [2.24, 2.45) is 7.05 Å². The number of rotatable bonds is 1. The third-order valence-corrected chi connectivity index (χ3v) is 2.04. The topological polar surface area (TPSA) is 30.7 Å². The van der Waals surface area contributed by atoms with Gasteiger partial charge in [0.2, 0.25) is 0 Å². The van der Waals surface area contributed by atoms with Crippen LogP contribution in [0.15, 0.2) is 18.5 Å². The van der Waals surface area contributed by atoms with Crippen molar-refractivity contribution in [3.05, 3.63) is 24.3 Å². The molecular weight excluding hydrogens is 186 g/mol. The highest BCUT2D eigenvalue weighted by Crippen LogP contribution is 2.21. The highest BCUT2D eigenvalue weighted by atomic mass is 15.0. The van der Waals surface area contributed by atoms with Crippen molar-refractivity contribution < 1.29 is 0 Å². The minimum absolute atomic E-state index is 0.401. The monoisotopic (exact) mass is 205 g/mol. The number of hydrogen-bond donors (Lipinski definition) is 0. The molecule has 0 N–H and O–H groups in total. The van der Waals surface area contributed by atoms with Crippen LogP contribution in [-0.2, 0) is 7.05 Å². The molecule has 0 saturated carbocycles. The Labute approximate surface area is 91.5 Å². The first-order valence-corrected chi connectivity index (χ1v) is 5.46. The molecule has 2 aliphatic rings. The van der Waals surface area contributed by atoms with Gasteiger partial charge in [0, 0.05) is 25.4 Å². The summed E-state index contributed by atoms with van der Waals surface area (Å²) in [4.78, 5) is 8.87. The van der Waals surface area contributed by atoms with Crippen LogP contribution in [0.25, 0.3) is 11.4 Å². The second kappa shape index (κ2) is 4.91. The van der Waals surface area contributed by atoms with Gasteiger partial charge in [0.05, 0.1) is 5.69 Å². The van der Waals surface area contributed by atoms with Gasteiger partial charge in [-0.2, -0.15) is 0 Å². The molecule has 0 radical (unpaired) electrons. The quantitative estimate of drug-likeness (QED) is 0.716. The van der Waals surface area contributed by atoms with Crippen LogP contribution in [0, 0.1) is 0 Å². The molecule has 3 heteroatoms. The van der Waals surface area contributed by atoms with E-state index in [2.05, 4.69) is 23.8 Å². The lowest BCUT2D eigenvalue weighted by Gasteiger charge is -1.98. The van der Waals surface area contributed by atoms with Crippen molar-refractivity contribution in [3.63, 3.8) is 0 Å². The number of aryl methyl sites for hydroxylation is 1. The number of nitrogens with zero attached hydrogens (tertiary/aromatic N) is 3. The first kappa shape index (κ1) is 11.7. The summed E-state index contributed by atoms with van der Waals surface area (Å²) in [7, 11) is 1.99. The lowest BCUT2D eigenvalue weighted by atomic mass is 10.2. The van der Waals surface area contributed by atoms with Gasteiger partial charge in [-0.1, -0.05) is 27.7 Å². The standard InChI is InChI=1S/C10H13N3.C2H6/c1-7(2)10-11-8-4-5-13(3)6-9(8)12-10;1-2/h4-7H,1-3H3;1-2H3. The molecular formula is C12H19N3. The molecule has 0 atom stereocenters. The van der Waals surface area contributed by atoms with Gasteiger partial charge in [0.15, 0.2) is 0 Å². The van der Waals surface area contributed by atoms with Crippen molar-refractivity contribution in [1.82, 2.24) is 14.5 Å². The minimum atomic E-state index is 0.401. The van der Waals surface area contributed by atoms with Gasteiger partial charge >= 0.3 is 0 Å². The SMILES string of the molecule is CC.CC(C)c1nc2ccn(C)cc-2n1. The second-order valence-electron chi connectivity index (χ2n) is 3.62. The molecule has 0 aliphatic carbocycles. The molecule has 82 valence electrons. The molecule has 2 heterocycles. The van der Waals surface area contributed by atoms with Gasteiger partial charge in [-0.25, -0.2) is 9.97 Å². The predicted octanol–water partition coefficient (Wildman–Crippen LogP) is 3.07. The van der Waals surface area contributed by atoms with Crippen LogP contribution in [-0.4, -0.2) is 14.5 Å². The van der Waals surface area contributed by atoms with E-state index in [4.69, 9.17) is 0 Å². The summed E-state index contributed by atoms with van der Waals surface area (Å²) in [6.07, 6.45) is 3.98. The zero-order chi connectivity index (χ0) is 11.4. The van der Waals surface area contributed by atoms with E-state index < -0.39 is 0 Å². The number of pyridine rings is 1. The average molecular weight is 205 g/mol. The molecule has 2 rings (SSSR count). The second-order valence-corrected chi connectivity index (χ2v) is 3.62. The molecule has 0 fully saturated rings. The van der Waals surface area contributed by atoms with E-state index >= 15 is 0 Å². The molecule has 0 unspecified atom stereocenters. The van der Waals surface area contributed by atoms with Crippen molar-refractivity contribution in [1.29, 1.82) is 0 Å². The Morgan fingerprint density at radius 2 is 1.73 bits per heavy atom. The van der Waals surface area contributed by atoms with E-state index in [0.717, 1.165) is 17.2 Å². The lowest BCUT2D eigenvalue weighted by molar-refractivity contribution is 0.797. The Morgan fingerprint density at radius 1 is 1.13 bits per heavy atom. The van der Waals surface area contributed by atoms with E-state index in [0.29, 0.717) is 5.92 Å². The van der Waals surface area contributed by atoms with Crippen molar-refractivity contribution in [3.8, 4) is 11.4 Å². The third kappa shape index (κ3) is 2.55. The molecule has 15 heavy (non-hydrogen) atoms. The number of imidazole rings is 1. The van der Waals surface area contributed by atoms with Crippen molar-refractivity contribution >= 4 is 0 Å². The zero-order valence-electron chi connectivity index (χ0n) is 10.2. The maximum Gasteiger partial charge on any atom is 0.132 e. The normalized spacial score (nSPS) is 10.3. The van der Waals surface area contributed by atoms with E-state index in [9.17, 15) is 0 Å². The van der Waals surface area contributed by atoms with Crippen molar-refractivity contribution in [2.75, 3.05) is 0 Å². The average Bonchev–Trinajstić information content (AvgIpc) is 2.63. The molecule has 0 amide bonds. The summed E-state index contributed by atoms with van der Waals surface area (Å²) < 4.78 is 1.99. The molecule has 0 aromatic carbocycles. The van der Waals surface area contributed by atoms with Crippen LogP contribution in [0.4, 0.5) is 0 Å². The van der Waals surface area contributed by atoms with Crippen LogP contribution in [0.2, 0.25) is 0 Å². The van der Waals surface area contributed by atoms with E-state index in [1.807, 2.05) is 43.9 Å². The maximum atomic E-state index is 4.44. The highest BCUT2D eigenvalue weighted by molar-refractivity contribution is 5.54. The molecule has 0 aromatic heterocycles. The molecule has 2 aliphatic heterocycles. The van der Waals surface area contributed by atoms with Gasteiger partial charge < -0.3 is 4.57 Å². The van der Waals surface area contributed by atoms with Gasteiger partial charge in [0.25, 0.3) is 0 Å². The minimum Gasteiger partial charge on any atom is -0.355 e. The zero-order valence-corrected chi connectivity index (χ0v) is 10.2. The fourth-order valence-electron chi connectivity index (χ4n) is 1.29. The highest BCUT2D eigenvalue weighted by Gasteiger charge is 2.12. The Kier molecular flexibility index (Phi) is 3.83. The summed E-state index contributed by atoms with van der Waals surface area (Å²) in [6, 6.07) is 1.99. The van der Waals surface area contributed by atoms with Crippen LogP contribution in [0.5, 0.6) is 0 Å². The third-order valence-electron chi connectivity index (χ3n) is 2.04.